The number of hydrogen-bond acceptors (Lipinski definition) is 2. The number of rotatable bonds is 4. The fraction of sp³-hybridized carbons (Fsp3) is 0.619. The van der Waals surface area contributed by atoms with Crippen LogP contribution in [0, 0.1) is 23.2 Å². The molecule has 1 atom stereocenters. The molecule has 4 nitrogen and oxygen atoms in total. The molecular weight excluding hydrogens is 312 g/mol. The Morgan fingerprint density at radius 2 is 1.68 bits per heavy atom. The highest BCUT2D eigenvalue weighted by molar-refractivity contribution is 5.95. The van der Waals surface area contributed by atoms with E-state index in [-0.39, 0.29) is 23.3 Å². The van der Waals surface area contributed by atoms with Crippen LogP contribution >= 0.6 is 0 Å². The number of anilines is 1. The van der Waals surface area contributed by atoms with Crippen molar-refractivity contribution >= 4 is 17.5 Å². The monoisotopic (exact) mass is 340 g/mol. The Labute approximate surface area is 149 Å². The molecule has 1 aromatic carbocycles. The molecule has 25 heavy (non-hydrogen) atoms. The molecule has 0 aliphatic heterocycles. The zero-order valence-corrected chi connectivity index (χ0v) is 15.2. The first-order valence-electron chi connectivity index (χ1n) is 9.62. The Morgan fingerprint density at radius 1 is 1.08 bits per heavy atom. The van der Waals surface area contributed by atoms with Crippen LogP contribution in [-0.4, -0.2) is 11.8 Å². The summed E-state index contributed by atoms with van der Waals surface area (Å²) < 4.78 is 0. The predicted molar refractivity (Wildman–Crippen MR) is 97.9 cm³/mol. The summed E-state index contributed by atoms with van der Waals surface area (Å²) in [6.45, 7) is 3.48. The lowest BCUT2D eigenvalue weighted by molar-refractivity contribution is -0.140. The molecule has 2 amide bonds. The van der Waals surface area contributed by atoms with Crippen LogP contribution in [0.2, 0.25) is 0 Å². The standard InChI is InChI=1S/C21H28N2O2/c1-13(22-14(2)24)18-4-3-5-19(9-18)23-20(25)21-10-15-6-16(11-21)8-17(7-15)12-21/h3-5,9,13,15-17H,6-8,10-12H2,1-2H3,(H,22,24)(H,23,25)/t13-,15?,16?,17?,21?/m0/s1. The van der Waals surface area contributed by atoms with E-state index in [1.165, 1.54) is 26.2 Å². The number of hydrogen-bond donors (Lipinski definition) is 2. The van der Waals surface area contributed by atoms with E-state index < -0.39 is 0 Å². The third kappa shape index (κ3) is 3.19. The number of nitrogens with one attached hydrogen (secondary N) is 2. The Morgan fingerprint density at radius 3 is 2.24 bits per heavy atom. The minimum absolute atomic E-state index is 0.0458. The Bertz CT molecular complexity index is 662. The van der Waals surface area contributed by atoms with Gasteiger partial charge in [0.15, 0.2) is 0 Å². The lowest BCUT2D eigenvalue weighted by Gasteiger charge is -2.55. The van der Waals surface area contributed by atoms with Crippen molar-refractivity contribution in [3.05, 3.63) is 29.8 Å². The van der Waals surface area contributed by atoms with Crippen LogP contribution in [0.15, 0.2) is 24.3 Å². The van der Waals surface area contributed by atoms with Gasteiger partial charge >= 0.3 is 0 Å². The van der Waals surface area contributed by atoms with Gasteiger partial charge in [0.2, 0.25) is 11.8 Å². The van der Waals surface area contributed by atoms with E-state index in [1.54, 1.807) is 0 Å². The molecule has 5 rings (SSSR count). The molecule has 134 valence electrons. The molecule has 4 aliphatic carbocycles. The van der Waals surface area contributed by atoms with Crippen molar-refractivity contribution in [1.29, 1.82) is 0 Å². The van der Waals surface area contributed by atoms with Gasteiger partial charge in [-0.2, -0.15) is 0 Å². The van der Waals surface area contributed by atoms with E-state index >= 15 is 0 Å². The van der Waals surface area contributed by atoms with Crippen LogP contribution in [0.3, 0.4) is 0 Å². The van der Waals surface area contributed by atoms with E-state index in [1.807, 2.05) is 31.2 Å². The zero-order chi connectivity index (χ0) is 17.6. The van der Waals surface area contributed by atoms with E-state index in [0.29, 0.717) is 0 Å². The molecule has 0 saturated heterocycles. The van der Waals surface area contributed by atoms with Crippen molar-refractivity contribution in [3.63, 3.8) is 0 Å². The van der Waals surface area contributed by atoms with Gasteiger partial charge < -0.3 is 10.6 Å². The molecule has 0 radical (unpaired) electrons. The van der Waals surface area contributed by atoms with Crippen molar-refractivity contribution in [3.8, 4) is 0 Å². The van der Waals surface area contributed by atoms with Crippen LogP contribution in [0.5, 0.6) is 0 Å². The molecule has 4 bridgehead atoms. The van der Waals surface area contributed by atoms with Crippen LogP contribution in [0.1, 0.15) is 64.0 Å². The van der Waals surface area contributed by atoms with Gasteiger partial charge in [0.05, 0.1) is 11.5 Å². The summed E-state index contributed by atoms with van der Waals surface area (Å²) in [5.74, 6) is 2.47. The predicted octanol–water partition coefficient (Wildman–Crippen LogP) is 4.04. The van der Waals surface area contributed by atoms with Crippen LogP contribution in [-0.2, 0) is 9.59 Å². The molecule has 0 spiro atoms. The van der Waals surface area contributed by atoms with Crippen LogP contribution in [0.25, 0.3) is 0 Å². The number of carbonyl (C=O) groups excluding carboxylic acids is 2. The van der Waals surface area contributed by atoms with Crippen LogP contribution < -0.4 is 10.6 Å². The minimum Gasteiger partial charge on any atom is -0.350 e. The Kier molecular flexibility index (Phi) is 4.09. The second-order valence-electron chi connectivity index (χ2n) is 8.70. The highest BCUT2D eigenvalue weighted by Gasteiger charge is 2.54. The SMILES string of the molecule is CC(=O)N[C@@H](C)c1cccc(NC(=O)C23CC4CC(CC(C4)C2)C3)c1. The molecular formula is C21H28N2O2. The fourth-order valence-electron chi connectivity index (χ4n) is 5.93. The quantitative estimate of drug-likeness (QED) is 0.869. The summed E-state index contributed by atoms with van der Waals surface area (Å²) in [6.07, 6.45) is 7.26. The maximum atomic E-state index is 13.1. The van der Waals surface area contributed by atoms with Gasteiger partial charge in [0.25, 0.3) is 0 Å². The van der Waals surface area contributed by atoms with Crippen molar-refractivity contribution in [2.24, 2.45) is 23.2 Å². The van der Waals surface area contributed by atoms with Gasteiger partial charge in [-0.15, -0.1) is 0 Å². The normalized spacial score (nSPS) is 33.8. The molecule has 0 heterocycles. The lowest BCUT2D eigenvalue weighted by atomic mass is 9.49. The molecule has 4 saturated carbocycles. The topological polar surface area (TPSA) is 58.2 Å². The van der Waals surface area contributed by atoms with Crippen molar-refractivity contribution in [2.75, 3.05) is 5.32 Å². The van der Waals surface area contributed by atoms with Crippen molar-refractivity contribution in [2.45, 2.75) is 58.4 Å². The summed E-state index contributed by atoms with van der Waals surface area (Å²) in [4.78, 5) is 24.4. The van der Waals surface area contributed by atoms with E-state index in [9.17, 15) is 9.59 Å². The molecule has 4 aliphatic rings. The average Bonchev–Trinajstić information content (AvgIpc) is 2.53. The Balaban J connectivity index is 1.49. The summed E-state index contributed by atoms with van der Waals surface area (Å²) >= 11 is 0. The smallest absolute Gasteiger partial charge is 0.230 e. The third-order valence-corrected chi connectivity index (χ3v) is 6.58. The second-order valence-corrected chi connectivity index (χ2v) is 8.70. The Hall–Kier alpha value is -1.84. The molecule has 1 aromatic rings. The zero-order valence-electron chi connectivity index (χ0n) is 15.2. The maximum Gasteiger partial charge on any atom is 0.230 e. The first kappa shape index (κ1) is 16.6. The molecule has 0 aromatic heterocycles. The summed E-state index contributed by atoms with van der Waals surface area (Å²) in [6, 6.07) is 7.81. The van der Waals surface area contributed by atoms with E-state index in [2.05, 4.69) is 10.6 Å². The largest absolute Gasteiger partial charge is 0.350 e. The third-order valence-electron chi connectivity index (χ3n) is 6.58. The van der Waals surface area contributed by atoms with Crippen molar-refractivity contribution in [1.82, 2.24) is 5.32 Å². The molecule has 4 heteroatoms. The minimum atomic E-state index is -0.131. The number of benzene rings is 1. The number of carbonyl (C=O) groups is 2. The highest BCUT2D eigenvalue weighted by atomic mass is 16.2. The molecule has 2 N–H and O–H groups in total. The summed E-state index contributed by atoms with van der Waals surface area (Å²) in [5, 5.41) is 6.09. The first-order valence-corrected chi connectivity index (χ1v) is 9.62. The van der Waals surface area contributed by atoms with Crippen molar-refractivity contribution < 1.29 is 9.59 Å². The summed E-state index contributed by atoms with van der Waals surface area (Å²) in [5.41, 5.74) is 1.72. The molecule has 0 unspecified atom stereocenters. The van der Waals surface area contributed by atoms with E-state index in [0.717, 1.165) is 48.3 Å². The van der Waals surface area contributed by atoms with Gasteiger partial charge in [-0.1, -0.05) is 12.1 Å². The summed E-state index contributed by atoms with van der Waals surface area (Å²) in [7, 11) is 0. The molecule has 4 fully saturated rings. The average molecular weight is 340 g/mol. The van der Waals surface area contributed by atoms with Crippen LogP contribution in [0.4, 0.5) is 5.69 Å². The maximum absolute atomic E-state index is 13.1. The van der Waals surface area contributed by atoms with Gasteiger partial charge in [0, 0.05) is 12.6 Å². The lowest BCUT2D eigenvalue weighted by Crippen LogP contribution is -2.51. The van der Waals surface area contributed by atoms with E-state index in [4.69, 9.17) is 0 Å². The fourth-order valence-corrected chi connectivity index (χ4v) is 5.93. The van der Waals surface area contributed by atoms with Gasteiger partial charge in [-0.3, -0.25) is 9.59 Å². The van der Waals surface area contributed by atoms with Gasteiger partial charge in [0.1, 0.15) is 0 Å². The second kappa shape index (κ2) is 6.15. The first-order chi connectivity index (χ1) is 11.9. The number of amides is 2. The van der Waals surface area contributed by atoms with Gasteiger partial charge in [-0.25, -0.2) is 0 Å². The highest BCUT2D eigenvalue weighted by Crippen LogP contribution is 2.60. The van der Waals surface area contributed by atoms with Gasteiger partial charge in [-0.05, 0) is 80.9 Å².